The van der Waals surface area contributed by atoms with Crippen molar-refractivity contribution in [2.75, 3.05) is 7.11 Å². The predicted molar refractivity (Wildman–Crippen MR) is 111 cm³/mol. The Hall–Kier alpha value is -1.02. The molecular formula is C25H38O2. The van der Waals surface area contributed by atoms with Crippen LogP contribution >= 0.6 is 0 Å². The minimum Gasteiger partial charge on any atom is -0.501 e. The largest absolute Gasteiger partial charge is 0.501 e. The van der Waals surface area contributed by atoms with Crippen molar-refractivity contribution in [2.24, 2.45) is 29.1 Å². The predicted octanol–water partition coefficient (Wildman–Crippen LogP) is 6.18. The van der Waals surface area contributed by atoms with Crippen molar-refractivity contribution in [3.05, 3.63) is 35.1 Å². The molecule has 4 aliphatic carbocycles. The van der Waals surface area contributed by atoms with Crippen LogP contribution in [0.15, 0.2) is 35.1 Å². The van der Waals surface area contributed by atoms with Crippen LogP contribution < -0.4 is 0 Å². The van der Waals surface area contributed by atoms with Crippen molar-refractivity contribution in [3.63, 3.8) is 0 Å². The number of fused-ring (bicyclic) bond motifs is 4. The van der Waals surface area contributed by atoms with Crippen molar-refractivity contribution in [1.29, 1.82) is 0 Å². The maximum absolute atomic E-state index is 10.9. The molecule has 150 valence electrons. The molecule has 0 aromatic rings. The fourth-order valence-corrected chi connectivity index (χ4v) is 7.54. The van der Waals surface area contributed by atoms with Gasteiger partial charge in [-0.3, -0.25) is 0 Å². The normalized spacial score (nSPS) is 40.7. The first kappa shape index (κ1) is 19.3. The Morgan fingerprint density at radius 2 is 2.11 bits per heavy atom. The summed E-state index contributed by atoms with van der Waals surface area (Å²) in [4.78, 5) is 0. The van der Waals surface area contributed by atoms with Crippen molar-refractivity contribution in [2.45, 2.75) is 84.2 Å². The van der Waals surface area contributed by atoms with Gasteiger partial charge in [-0.2, -0.15) is 0 Å². The van der Waals surface area contributed by atoms with Gasteiger partial charge in [-0.1, -0.05) is 30.1 Å². The van der Waals surface area contributed by atoms with E-state index < -0.39 is 0 Å². The number of allylic oxidation sites excluding steroid dienone is 4. The molecule has 0 bridgehead atoms. The summed E-state index contributed by atoms with van der Waals surface area (Å²) in [7, 11) is 1.82. The molecule has 0 radical (unpaired) electrons. The average molecular weight is 371 g/mol. The smallest absolute Gasteiger partial charge is 0.0962 e. The molecule has 4 aliphatic rings. The summed E-state index contributed by atoms with van der Waals surface area (Å²) in [6, 6.07) is 0. The molecule has 2 nitrogen and oxygen atoms in total. The van der Waals surface area contributed by atoms with Crippen LogP contribution in [0.5, 0.6) is 0 Å². The van der Waals surface area contributed by atoms with Gasteiger partial charge < -0.3 is 9.84 Å². The molecule has 0 saturated heterocycles. The third-order valence-corrected chi connectivity index (χ3v) is 8.41. The Morgan fingerprint density at radius 1 is 1.30 bits per heavy atom. The Morgan fingerprint density at radius 3 is 2.81 bits per heavy atom. The van der Waals surface area contributed by atoms with E-state index in [0.29, 0.717) is 5.92 Å². The highest BCUT2D eigenvalue weighted by Gasteiger charge is 2.57. The fourth-order valence-electron chi connectivity index (χ4n) is 7.54. The molecular weight excluding hydrogens is 332 g/mol. The number of rotatable bonds is 5. The summed E-state index contributed by atoms with van der Waals surface area (Å²) < 4.78 is 5.68. The van der Waals surface area contributed by atoms with Crippen LogP contribution in [0.3, 0.4) is 0 Å². The van der Waals surface area contributed by atoms with Crippen molar-refractivity contribution in [3.8, 4) is 0 Å². The summed E-state index contributed by atoms with van der Waals surface area (Å²) in [5, 5.41) is 10.9. The van der Waals surface area contributed by atoms with E-state index in [0.717, 1.165) is 42.8 Å². The molecule has 0 aromatic carbocycles. The number of aliphatic hydroxyl groups is 1. The maximum Gasteiger partial charge on any atom is 0.0962 e. The second-order valence-electron chi connectivity index (χ2n) is 9.87. The molecule has 6 atom stereocenters. The molecule has 4 rings (SSSR count). The van der Waals surface area contributed by atoms with E-state index in [1.54, 1.807) is 11.1 Å². The lowest BCUT2D eigenvalue weighted by atomic mass is 9.52. The number of aliphatic hydroxyl groups excluding tert-OH is 1. The molecule has 0 amide bonds. The number of hydrogen-bond acceptors (Lipinski definition) is 2. The van der Waals surface area contributed by atoms with Crippen LogP contribution in [0.25, 0.3) is 0 Å². The molecule has 0 aliphatic heterocycles. The van der Waals surface area contributed by atoms with E-state index in [1.165, 1.54) is 50.5 Å². The lowest BCUT2D eigenvalue weighted by molar-refractivity contribution is -0.0519. The third kappa shape index (κ3) is 3.12. The quantitative estimate of drug-likeness (QED) is 0.586. The van der Waals surface area contributed by atoms with Crippen LogP contribution in [-0.2, 0) is 4.74 Å². The lowest BCUT2D eigenvalue weighted by Gasteiger charge is -2.53. The minimum absolute atomic E-state index is 0.0589. The molecule has 0 aromatic heterocycles. The van der Waals surface area contributed by atoms with E-state index in [4.69, 9.17) is 4.74 Å². The van der Waals surface area contributed by atoms with E-state index in [1.807, 2.05) is 7.11 Å². The second kappa shape index (κ2) is 7.43. The van der Waals surface area contributed by atoms with Crippen LogP contribution in [0, 0.1) is 29.1 Å². The van der Waals surface area contributed by atoms with Crippen molar-refractivity contribution in [1.82, 2.24) is 0 Å². The van der Waals surface area contributed by atoms with Gasteiger partial charge in [0.15, 0.2) is 0 Å². The molecule has 2 fully saturated rings. The summed E-state index contributed by atoms with van der Waals surface area (Å²) in [6.07, 6.45) is 14.2. The van der Waals surface area contributed by atoms with Crippen LogP contribution in [0.4, 0.5) is 0 Å². The van der Waals surface area contributed by atoms with Gasteiger partial charge >= 0.3 is 0 Å². The standard InChI is InChI=1S/C25H38O2/c1-5-11-25-12-10-21-20(22(25)8-9-23(25)26)7-6-17-14-19(27-4)15-18(24(17)21)13-16(2)3/h15,18,20-23,26H,2,5-14H2,1,3-4H3/t18?,20-,21+,22+,23-,25+/m1/s1. The first-order valence-corrected chi connectivity index (χ1v) is 11.3. The zero-order valence-corrected chi connectivity index (χ0v) is 17.6. The van der Waals surface area contributed by atoms with Gasteiger partial charge in [0.1, 0.15) is 0 Å². The topological polar surface area (TPSA) is 29.5 Å². The number of ether oxygens (including phenoxy) is 1. The summed E-state index contributed by atoms with van der Waals surface area (Å²) in [6.45, 7) is 8.67. The summed E-state index contributed by atoms with van der Waals surface area (Å²) in [5.74, 6) is 3.89. The SMILES string of the molecule is C=C(C)CC1C=C(OC)CC2=C1[C@H]1CC[C@]3(CCC)[C@H](O)CC[C@H]3[C@@H]1CC2. The lowest BCUT2D eigenvalue weighted by Crippen LogP contribution is -2.47. The molecule has 1 N–H and O–H groups in total. The van der Waals surface area contributed by atoms with E-state index in [-0.39, 0.29) is 11.5 Å². The van der Waals surface area contributed by atoms with Gasteiger partial charge in [-0.05, 0) is 87.5 Å². The zero-order chi connectivity index (χ0) is 19.2. The highest BCUT2D eigenvalue weighted by molar-refractivity contribution is 5.36. The zero-order valence-electron chi connectivity index (χ0n) is 17.6. The number of hydrogen-bond donors (Lipinski definition) is 1. The Kier molecular flexibility index (Phi) is 5.31. The highest BCUT2D eigenvalue weighted by atomic mass is 16.5. The van der Waals surface area contributed by atoms with Crippen LogP contribution in [0.1, 0.15) is 78.1 Å². The highest BCUT2D eigenvalue weighted by Crippen LogP contribution is 2.63. The summed E-state index contributed by atoms with van der Waals surface area (Å²) >= 11 is 0. The van der Waals surface area contributed by atoms with Crippen LogP contribution in [-0.4, -0.2) is 18.3 Å². The molecule has 2 saturated carbocycles. The van der Waals surface area contributed by atoms with Crippen LogP contribution in [0.2, 0.25) is 0 Å². The van der Waals surface area contributed by atoms with Gasteiger partial charge in [0, 0.05) is 12.3 Å². The summed E-state index contributed by atoms with van der Waals surface area (Å²) in [5.41, 5.74) is 4.92. The van der Waals surface area contributed by atoms with Gasteiger partial charge in [0.2, 0.25) is 0 Å². The van der Waals surface area contributed by atoms with Crippen molar-refractivity contribution < 1.29 is 9.84 Å². The molecule has 27 heavy (non-hydrogen) atoms. The van der Waals surface area contributed by atoms with E-state index in [2.05, 4.69) is 26.5 Å². The van der Waals surface area contributed by atoms with Gasteiger partial charge in [0.25, 0.3) is 0 Å². The maximum atomic E-state index is 10.9. The first-order chi connectivity index (χ1) is 13.0. The van der Waals surface area contributed by atoms with E-state index in [9.17, 15) is 5.11 Å². The fraction of sp³-hybridized carbons (Fsp3) is 0.760. The Balaban J connectivity index is 1.66. The Labute approximate surface area is 165 Å². The monoisotopic (exact) mass is 370 g/mol. The second-order valence-corrected chi connectivity index (χ2v) is 9.87. The molecule has 0 heterocycles. The molecule has 2 heteroatoms. The van der Waals surface area contributed by atoms with Crippen molar-refractivity contribution >= 4 is 0 Å². The van der Waals surface area contributed by atoms with Gasteiger partial charge in [0.05, 0.1) is 19.0 Å². The number of methoxy groups -OCH3 is 1. The third-order valence-electron chi connectivity index (χ3n) is 8.41. The Bertz CT molecular complexity index is 657. The minimum atomic E-state index is -0.0589. The average Bonchev–Trinajstić information content (AvgIpc) is 2.97. The van der Waals surface area contributed by atoms with Gasteiger partial charge in [-0.15, -0.1) is 6.58 Å². The van der Waals surface area contributed by atoms with E-state index >= 15 is 0 Å². The molecule has 1 unspecified atom stereocenters. The first-order valence-electron chi connectivity index (χ1n) is 11.3. The molecule has 0 spiro atoms. The van der Waals surface area contributed by atoms with Gasteiger partial charge in [-0.25, -0.2) is 0 Å².